The van der Waals surface area contributed by atoms with Gasteiger partial charge in [-0.25, -0.2) is 9.67 Å². The average molecular weight is 456 g/mol. The number of carbonyl (C=O) groups excluding carboxylic acids is 1. The molecule has 0 bridgehead atoms. The minimum Gasteiger partial charge on any atom is -0.346 e. The number of aryl methyl sites for hydroxylation is 1. The van der Waals surface area contributed by atoms with Crippen LogP contribution in [0.3, 0.4) is 0 Å². The van der Waals surface area contributed by atoms with E-state index < -0.39 is 0 Å². The smallest absolute Gasteiger partial charge is 0.257 e. The van der Waals surface area contributed by atoms with Gasteiger partial charge in [-0.15, -0.1) is 5.10 Å². The third-order valence-corrected chi connectivity index (χ3v) is 6.64. The highest BCUT2D eigenvalue weighted by Gasteiger charge is 2.20. The molecule has 10 heteroatoms. The molecule has 0 spiro atoms. The van der Waals surface area contributed by atoms with Gasteiger partial charge in [-0.3, -0.25) is 9.48 Å². The second kappa shape index (κ2) is 8.07. The fraction of sp³-hybridized carbons (Fsp3) is 0.292. The van der Waals surface area contributed by atoms with E-state index in [9.17, 15) is 4.79 Å². The van der Waals surface area contributed by atoms with E-state index in [2.05, 4.69) is 42.6 Å². The Labute approximate surface area is 195 Å². The summed E-state index contributed by atoms with van der Waals surface area (Å²) in [5.41, 5.74) is 5.65. The quantitative estimate of drug-likeness (QED) is 0.431. The first-order chi connectivity index (χ1) is 16.5. The van der Waals surface area contributed by atoms with Crippen molar-refractivity contribution >= 4 is 33.7 Å². The number of anilines is 1. The fourth-order valence-corrected chi connectivity index (χ4v) is 4.63. The summed E-state index contributed by atoms with van der Waals surface area (Å²) in [5, 5.41) is 16.6. The molecule has 0 aliphatic carbocycles. The number of carbonyl (C=O) groups is 1. The number of piperidine rings is 1. The van der Waals surface area contributed by atoms with Crippen LogP contribution in [-0.4, -0.2) is 65.7 Å². The second-order valence-electron chi connectivity index (χ2n) is 8.94. The number of rotatable bonds is 4. The molecule has 1 aromatic carbocycles. The Morgan fingerprint density at radius 3 is 2.85 bits per heavy atom. The van der Waals surface area contributed by atoms with E-state index in [0.717, 1.165) is 59.1 Å². The van der Waals surface area contributed by atoms with Crippen molar-refractivity contribution in [2.45, 2.75) is 18.9 Å². The summed E-state index contributed by atoms with van der Waals surface area (Å²) in [4.78, 5) is 23.0. The number of amides is 1. The number of hydrogen-bond acceptors (Lipinski definition) is 6. The van der Waals surface area contributed by atoms with Gasteiger partial charge in [0.15, 0.2) is 0 Å². The molecule has 1 fully saturated rings. The van der Waals surface area contributed by atoms with Gasteiger partial charge in [-0.1, -0.05) is 11.3 Å². The molecule has 34 heavy (non-hydrogen) atoms. The monoisotopic (exact) mass is 455 g/mol. The van der Waals surface area contributed by atoms with Crippen molar-refractivity contribution < 1.29 is 4.79 Å². The number of hydrogen-bond donors (Lipinski definition) is 2. The zero-order valence-electron chi connectivity index (χ0n) is 19.1. The SMILES string of the molecule is CN1CCC(n2cc(NC(=O)c3cnc4[nH]cc(-c5ccc6nnn(C)c6c5)c4c3)cn2)CC1. The van der Waals surface area contributed by atoms with Crippen molar-refractivity contribution in [1.82, 2.24) is 39.6 Å². The van der Waals surface area contributed by atoms with E-state index in [1.807, 2.05) is 48.4 Å². The number of aromatic nitrogens is 7. The molecule has 1 aliphatic rings. The number of benzene rings is 1. The van der Waals surface area contributed by atoms with Gasteiger partial charge in [-0.2, -0.15) is 5.10 Å². The van der Waals surface area contributed by atoms with Crippen LogP contribution >= 0.6 is 0 Å². The molecule has 1 aliphatic heterocycles. The Balaban J connectivity index is 1.25. The Morgan fingerprint density at radius 2 is 2.00 bits per heavy atom. The number of likely N-dealkylation sites (tertiary alicyclic amines) is 1. The minimum absolute atomic E-state index is 0.212. The van der Waals surface area contributed by atoms with Gasteiger partial charge in [0.25, 0.3) is 5.91 Å². The predicted molar refractivity (Wildman–Crippen MR) is 130 cm³/mol. The van der Waals surface area contributed by atoms with Gasteiger partial charge in [0.2, 0.25) is 0 Å². The Hall–Kier alpha value is -4.05. The molecule has 6 rings (SSSR count). The molecule has 0 radical (unpaired) electrons. The lowest BCUT2D eigenvalue weighted by Crippen LogP contribution is -2.31. The first-order valence-electron chi connectivity index (χ1n) is 11.4. The summed E-state index contributed by atoms with van der Waals surface area (Å²) in [6.07, 6.45) is 9.25. The van der Waals surface area contributed by atoms with Crippen LogP contribution in [0.1, 0.15) is 29.2 Å². The van der Waals surface area contributed by atoms with Crippen LogP contribution in [0.15, 0.2) is 49.1 Å². The van der Waals surface area contributed by atoms with Crippen LogP contribution < -0.4 is 5.32 Å². The highest BCUT2D eigenvalue weighted by atomic mass is 16.1. The number of fused-ring (bicyclic) bond motifs is 2. The van der Waals surface area contributed by atoms with E-state index in [0.29, 0.717) is 17.3 Å². The summed E-state index contributed by atoms with van der Waals surface area (Å²) in [6, 6.07) is 8.24. The molecular weight excluding hydrogens is 430 g/mol. The standard InChI is InChI=1S/C24H25N9O/c1-31-7-5-18(6-8-31)33-14-17(12-27-33)28-24(34)16-9-19-20(13-26-23(19)25-11-16)15-3-4-21-22(10-15)32(2)30-29-21/h3-4,9-14,18H,5-8H2,1-2H3,(H,25,26)(H,28,34). The molecule has 172 valence electrons. The molecule has 1 saturated heterocycles. The van der Waals surface area contributed by atoms with Gasteiger partial charge in [0, 0.05) is 36.6 Å². The molecule has 5 heterocycles. The van der Waals surface area contributed by atoms with Gasteiger partial charge in [-0.05, 0) is 56.7 Å². The van der Waals surface area contributed by atoms with E-state index in [1.54, 1.807) is 17.1 Å². The Bertz CT molecular complexity index is 1500. The van der Waals surface area contributed by atoms with Gasteiger partial charge < -0.3 is 15.2 Å². The van der Waals surface area contributed by atoms with Crippen LogP contribution in [-0.2, 0) is 7.05 Å². The first kappa shape index (κ1) is 20.5. The van der Waals surface area contributed by atoms with Crippen molar-refractivity contribution in [3.8, 4) is 11.1 Å². The third kappa shape index (κ3) is 3.61. The van der Waals surface area contributed by atoms with Crippen molar-refractivity contribution in [2.24, 2.45) is 7.05 Å². The average Bonchev–Trinajstić information content (AvgIpc) is 3.58. The Morgan fingerprint density at radius 1 is 1.15 bits per heavy atom. The molecule has 0 saturated carbocycles. The van der Waals surface area contributed by atoms with Crippen LogP contribution in [0.25, 0.3) is 33.2 Å². The molecule has 2 N–H and O–H groups in total. The van der Waals surface area contributed by atoms with E-state index in [1.165, 1.54) is 0 Å². The van der Waals surface area contributed by atoms with Crippen LogP contribution in [0.5, 0.6) is 0 Å². The van der Waals surface area contributed by atoms with Crippen LogP contribution in [0.2, 0.25) is 0 Å². The maximum absolute atomic E-state index is 13.0. The highest BCUT2D eigenvalue weighted by Crippen LogP contribution is 2.30. The minimum atomic E-state index is -0.212. The van der Waals surface area contributed by atoms with Crippen molar-refractivity contribution in [3.05, 3.63) is 54.6 Å². The molecule has 0 unspecified atom stereocenters. The molecular formula is C24H25N9O. The van der Waals surface area contributed by atoms with E-state index >= 15 is 0 Å². The topological polar surface area (TPSA) is 110 Å². The van der Waals surface area contributed by atoms with E-state index in [-0.39, 0.29) is 5.91 Å². The largest absolute Gasteiger partial charge is 0.346 e. The third-order valence-electron chi connectivity index (χ3n) is 6.64. The zero-order valence-corrected chi connectivity index (χ0v) is 19.1. The second-order valence-corrected chi connectivity index (χ2v) is 8.94. The van der Waals surface area contributed by atoms with E-state index in [4.69, 9.17) is 0 Å². The number of pyridine rings is 1. The zero-order chi connectivity index (χ0) is 23.2. The molecule has 5 aromatic rings. The summed E-state index contributed by atoms with van der Waals surface area (Å²) < 4.78 is 3.72. The number of nitrogens with one attached hydrogen (secondary N) is 2. The summed E-state index contributed by atoms with van der Waals surface area (Å²) in [5.74, 6) is -0.212. The number of H-pyrrole nitrogens is 1. The Kier molecular flexibility index (Phi) is 4.88. The summed E-state index contributed by atoms with van der Waals surface area (Å²) >= 11 is 0. The van der Waals surface area contributed by atoms with Crippen LogP contribution in [0, 0.1) is 0 Å². The normalized spacial score (nSPS) is 15.4. The molecule has 0 atom stereocenters. The first-order valence-corrected chi connectivity index (χ1v) is 11.4. The number of nitrogens with zero attached hydrogens (tertiary/aromatic N) is 7. The van der Waals surface area contributed by atoms with Gasteiger partial charge >= 0.3 is 0 Å². The van der Waals surface area contributed by atoms with Crippen molar-refractivity contribution in [2.75, 3.05) is 25.5 Å². The van der Waals surface area contributed by atoms with Crippen molar-refractivity contribution in [3.63, 3.8) is 0 Å². The number of aromatic amines is 1. The fourth-order valence-electron chi connectivity index (χ4n) is 4.63. The molecule has 1 amide bonds. The summed E-state index contributed by atoms with van der Waals surface area (Å²) in [6.45, 7) is 2.11. The molecule has 10 nitrogen and oxygen atoms in total. The maximum Gasteiger partial charge on any atom is 0.257 e. The van der Waals surface area contributed by atoms with Crippen molar-refractivity contribution in [1.29, 1.82) is 0 Å². The lowest BCUT2D eigenvalue weighted by Gasteiger charge is -2.28. The lowest BCUT2D eigenvalue weighted by atomic mass is 10.0. The van der Waals surface area contributed by atoms with Gasteiger partial charge in [0.05, 0.1) is 29.0 Å². The molecule has 4 aromatic heterocycles. The lowest BCUT2D eigenvalue weighted by molar-refractivity contribution is 0.102. The summed E-state index contributed by atoms with van der Waals surface area (Å²) in [7, 11) is 4.01. The highest BCUT2D eigenvalue weighted by molar-refractivity contribution is 6.07. The maximum atomic E-state index is 13.0. The predicted octanol–water partition coefficient (Wildman–Crippen LogP) is 3.23. The van der Waals surface area contributed by atoms with Crippen LogP contribution in [0.4, 0.5) is 5.69 Å². The van der Waals surface area contributed by atoms with Gasteiger partial charge in [0.1, 0.15) is 11.2 Å².